The van der Waals surface area contributed by atoms with E-state index in [0.29, 0.717) is 22.4 Å². The third-order valence-electron chi connectivity index (χ3n) is 4.52. The molecule has 0 saturated heterocycles. The largest absolute Gasteiger partial charge is 0.470 e. The number of alkyl halides is 2. The van der Waals surface area contributed by atoms with Gasteiger partial charge in [-0.25, -0.2) is 8.78 Å². The number of nitrogens with one attached hydrogen (secondary N) is 1. The lowest BCUT2D eigenvalue weighted by Gasteiger charge is -2.24. The van der Waals surface area contributed by atoms with Crippen LogP contribution in [0.3, 0.4) is 0 Å². The molecule has 0 aliphatic heterocycles. The molecule has 0 aromatic carbocycles. The summed E-state index contributed by atoms with van der Waals surface area (Å²) < 4.78 is 31.1. The molecule has 0 fully saturated rings. The van der Waals surface area contributed by atoms with Gasteiger partial charge in [-0.1, -0.05) is 13.8 Å². The van der Waals surface area contributed by atoms with Gasteiger partial charge in [-0.05, 0) is 30.2 Å². The molecule has 2 atom stereocenters. The Balaban J connectivity index is 1.87. The maximum atomic E-state index is 12.7. The summed E-state index contributed by atoms with van der Waals surface area (Å²) in [4.78, 5) is 13.8. The zero-order valence-electron chi connectivity index (χ0n) is 15.3. The van der Waals surface area contributed by atoms with Gasteiger partial charge in [0.1, 0.15) is 16.6 Å². The van der Waals surface area contributed by atoms with E-state index in [-0.39, 0.29) is 11.4 Å². The molecule has 1 aliphatic rings. The van der Waals surface area contributed by atoms with Crippen molar-refractivity contribution in [2.75, 3.05) is 11.9 Å². The topological polar surface area (TPSA) is 79.9 Å². The second kappa shape index (κ2) is 7.64. The van der Waals surface area contributed by atoms with E-state index in [0.717, 1.165) is 23.3 Å². The highest BCUT2D eigenvalue weighted by Crippen LogP contribution is 2.44. The van der Waals surface area contributed by atoms with Gasteiger partial charge in [0.05, 0.1) is 5.56 Å². The van der Waals surface area contributed by atoms with Gasteiger partial charge in [0, 0.05) is 18.1 Å². The van der Waals surface area contributed by atoms with Gasteiger partial charge in [-0.3, -0.25) is 9.48 Å². The first-order chi connectivity index (χ1) is 12.8. The molecular formula is C18H20F2N4O2S. The van der Waals surface area contributed by atoms with Crippen LogP contribution in [-0.4, -0.2) is 28.7 Å². The predicted molar refractivity (Wildman–Crippen MR) is 97.6 cm³/mol. The average molecular weight is 394 g/mol. The van der Waals surface area contributed by atoms with Crippen molar-refractivity contribution in [3.8, 4) is 11.9 Å². The SMILES string of the molecule is CC1Cc2c(sc(NC(=O)c3cn(C)nc3OCC(F)F)c2C#N)C(C)C1. The van der Waals surface area contributed by atoms with Crippen LogP contribution in [0.15, 0.2) is 6.20 Å². The van der Waals surface area contributed by atoms with E-state index in [1.807, 2.05) is 0 Å². The Kier molecular flexibility index (Phi) is 5.46. The zero-order valence-corrected chi connectivity index (χ0v) is 16.1. The summed E-state index contributed by atoms with van der Waals surface area (Å²) in [6.07, 6.45) is 0.589. The quantitative estimate of drug-likeness (QED) is 0.833. The predicted octanol–water partition coefficient (Wildman–Crippen LogP) is 3.94. The van der Waals surface area contributed by atoms with Crippen molar-refractivity contribution in [2.24, 2.45) is 13.0 Å². The molecule has 3 rings (SSSR count). The van der Waals surface area contributed by atoms with Crippen LogP contribution in [0.1, 0.15) is 52.5 Å². The van der Waals surface area contributed by atoms with Gasteiger partial charge in [0.2, 0.25) is 5.88 Å². The van der Waals surface area contributed by atoms with Crippen LogP contribution in [0, 0.1) is 17.2 Å². The van der Waals surface area contributed by atoms with Crippen LogP contribution in [-0.2, 0) is 13.5 Å². The molecule has 9 heteroatoms. The Morgan fingerprint density at radius 3 is 2.96 bits per heavy atom. The van der Waals surface area contributed by atoms with Crippen molar-refractivity contribution in [2.45, 2.75) is 39.0 Å². The highest BCUT2D eigenvalue weighted by atomic mass is 32.1. The zero-order chi connectivity index (χ0) is 19.7. The molecule has 1 aliphatic carbocycles. The number of ether oxygens (including phenoxy) is 1. The molecule has 2 aromatic heterocycles. The monoisotopic (exact) mass is 394 g/mol. The minimum Gasteiger partial charge on any atom is -0.470 e. The maximum absolute atomic E-state index is 12.7. The van der Waals surface area contributed by atoms with E-state index in [9.17, 15) is 18.8 Å². The number of amides is 1. The number of thiophene rings is 1. The average Bonchev–Trinajstić information content (AvgIpc) is 3.13. The van der Waals surface area contributed by atoms with Crippen molar-refractivity contribution in [1.29, 1.82) is 5.26 Å². The number of rotatable bonds is 5. The summed E-state index contributed by atoms with van der Waals surface area (Å²) in [7, 11) is 1.57. The number of anilines is 1. The normalized spacial score (nSPS) is 18.9. The number of nitrogens with zero attached hydrogens (tertiary/aromatic N) is 3. The second-order valence-electron chi connectivity index (χ2n) is 6.88. The lowest BCUT2D eigenvalue weighted by molar-refractivity contribution is 0.0778. The Bertz CT molecular complexity index is 900. The second-order valence-corrected chi connectivity index (χ2v) is 7.94. The molecule has 1 amide bonds. The Morgan fingerprint density at radius 2 is 2.30 bits per heavy atom. The number of nitriles is 1. The smallest absolute Gasteiger partial charge is 0.272 e. The summed E-state index contributed by atoms with van der Waals surface area (Å²) in [5, 5.41) is 16.7. The van der Waals surface area contributed by atoms with Crippen LogP contribution in [0.2, 0.25) is 0 Å². The standard InChI is InChI=1S/C18H20F2N4O2S/c1-9-4-10(2)15-11(5-9)12(6-21)18(27-15)22-16(25)13-7-24(3)23-17(13)26-8-14(19)20/h7,9-10,14H,4-5,8H2,1-3H3,(H,22,25). The van der Waals surface area contributed by atoms with Gasteiger partial charge in [0.15, 0.2) is 6.61 Å². The van der Waals surface area contributed by atoms with Crippen molar-refractivity contribution < 1.29 is 18.3 Å². The highest BCUT2D eigenvalue weighted by Gasteiger charge is 2.30. The lowest BCUT2D eigenvalue weighted by atomic mass is 9.82. The lowest BCUT2D eigenvalue weighted by Crippen LogP contribution is -2.15. The molecule has 0 saturated carbocycles. The van der Waals surface area contributed by atoms with Crippen molar-refractivity contribution >= 4 is 22.2 Å². The van der Waals surface area contributed by atoms with E-state index in [1.165, 1.54) is 22.2 Å². The van der Waals surface area contributed by atoms with Crippen molar-refractivity contribution in [1.82, 2.24) is 9.78 Å². The summed E-state index contributed by atoms with van der Waals surface area (Å²) in [5.41, 5.74) is 1.54. The summed E-state index contributed by atoms with van der Waals surface area (Å²) >= 11 is 1.41. The first-order valence-electron chi connectivity index (χ1n) is 8.61. The van der Waals surface area contributed by atoms with Crippen LogP contribution in [0.5, 0.6) is 5.88 Å². The molecule has 1 N–H and O–H groups in total. The number of carbonyl (C=O) groups excluding carboxylic acids is 1. The summed E-state index contributed by atoms with van der Waals surface area (Å²) in [6, 6.07) is 2.21. The van der Waals surface area contributed by atoms with Crippen LogP contribution < -0.4 is 10.1 Å². The Morgan fingerprint density at radius 1 is 1.56 bits per heavy atom. The van der Waals surface area contributed by atoms with Gasteiger partial charge in [0.25, 0.3) is 12.3 Å². The molecule has 144 valence electrons. The number of hydrogen-bond acceptors (Lipinski definition) is 5. The van der Waals surface area contributed by atoms with E-state index in [4.69, 9.17) is 4.74 Å². The van der Waals surface area contributed by atoms with Crippen molar-refractivity contribution in [3.63, 3.8) is 0 Å². The fraction of sp³-hybridized carbons (Fsp3) is 0.500. The van der Waals surface area contributed by atoms with Crippen LogP contribution in [0.4, 0.5) is 13.8 Å². The van der Waals surface area contributed by atoms with E-state index >= 15 is 0 Å². The van der Waals surface area contributed by atoms with Gasteiger partial charge >= 0.3 is 0 Å². The number of halogens is 2. The minimum atomic E-state index is -2.67. The Hall–Kier alpha value is -2.47. The fourth-order valence-electron chi connectivity index (χ4n) is 3.47. The first-order valence-corrected chi connectivity index (χ1v) is 9.43. The minimum absolute atomic E-state index is 0.0508. The summed E-state index contributed by atoms with van der Waals surface area (Å²) in [5.74, 6) is 0.112. The molecule has 0 spiro atoms. The molecule has 2 heterocycles. The van der Waals surface area contributed by atoms with Gasteiger partial charge in [-0.15, -0.1) is 16.4 Å². The molecule has 2 unspecified atom stereocenters. The first kappa shape index (κ1) is 19.3. The molecule has 0 bridgehead atoms. The number of aryl methyl sites for hydroxylation is 1. The Labute approximate surface area is 159 Å². The van der Waals surface area contributed by atoms with E-state index < -0.39 is 18.9 Å². The molecule has 27 heavy (non-hydrogen) atoms. The maximum Gasteiger partial charge on any atom is 0.272 e. The van der Waals surface area contributed by atoms with E-state index in [1.54, 1.807) is 7.05 Å². The van der Waals surface area contributed by atoms with Crippen molar-refractivity contribution in [3.05, 3.63) is 27.8 Å². The van der Waals surface area contributed by atoms with Crippen LogP contribution >= 0.6 is 11.3 Å². The molecular weight excluding hydrogens is 374 g/mol. The van der Waals surface area contributed by atoms with Gasteiger partial charge in [-0.2, -0.15) is 5.26 Å². The van der Waals surface area contributed by atoms with Gasteiger partial charge < -0.3 is 10.1 Å². The third-order valence-corrected chi connectivity index (χ3v) is 5.90. The number of hydrogen-bond donors (Lipinski definition) is 1. The molecule has 2 aromatic rings. The molecule has 6 nitrogen and oxygen atoms in total. The summed E-state index contributed by atoms with van der Waals surface area (Å²) in [6.45, 7) is 3.43. The van der Waals surface area contributed by atoms with Crippen LogP contribution in [0.25, 0.3) is 0 Å². The number of carbonyl (C=O) groups is 1. The molecule has 0 radical (unpaired) electrons. The number of aromatic nitrogens is 2. The number of fused-ring (bicyclic) bond motifs is 1. The fourth-order valence-corrected chi connectivity index (χ4v) is 4.72. The third kappa shape index (κ3) is 3.95. The van der Waals surface area contributed by atoms with E-state index in [2.05, 4.69) is 30.3 Å². The highest BCUT2D eigenvalue weighted by molar-refractivity contribution is 7.16.